The smallest absolute Gasteiger partial charge is 0.224 e. The summed E-state index contributed by atoms with van der Waals surface area (Å²) < 4.78 is 2.00. The van der Waals surface area contributed by atoms with Crippen molar-refractivity contribution in [1.82, 2.24) is 25.2 Å². The Morgan fingerprint density at radius 2 is 1.97 bits per heavy atom. The molecular formula is C24H33N5OS. The molecule has 4 fully saturated rings. The summed E-state index contributed by atoms with van der Waals surface area (Å²) in [4.78, 5) is 16.7. The Morgan fingerprint density at radius 1 is 1.13 bits per heavy atom. The molecule has 1 saturated carbocycles. The van der Waals surface area contributed by atoms with Gasteiger partial charge in [-0.3, -0.25) is 14.4 Å². The first-order valence-electron chi connectivity index (χ1n) is 11.9. The molecule has 2 bridgehead atoms. The molecule has 1 unspecified atom stereocenters. The Labute approximate surface area is 189 Å². The Hall–Kier alpha value is -1.86. The average Bonchev–Trinajstić information content (AvgIpc) is 3.27. The first-order valence-corrected chi connectivity index (χ1v) is 12.8. The van der Waals surface area contributed by atoms with E-state index in [2.05, 4.69) is 51.0 Å². The summed E-state index contributed by atoms with van der Waals surface area (Å²) in [6.45, 7) is 2.88. The van der Waals surface area contributed by atoms with Crippen LogP contribution in [0.3, 0.4) is 0 Å². The van der Waals surface area contributed by atoms with Gasteiger partial charge in [-0.1, -0.05) is 42.7 Å². The highest BCUT2D eigenvalue weighted by molar-refractivity contribution is 7.98. The van der Waals surface area contributed by atoms with Crippen molar-refractivity contribution in [3.05, 3.63) is 42.2 Å². The molecule has 4 aliphatic rings. The highest BCUT2D eigenvalue weighted by Gasteiger charge is 2.43. The maximum atomic E-state index is 12.9. The standard InChI is InChI=1S/C24H33N5OS/c30-24(25-19-7-3-1-4-8-19)23-16-28-12-11-18(23)13-21(28)15-29-14-20(26-27-29)17-31-22-9-5-2-6-10-22/h2,5-6,9-10,14,18-19,21,23H,1,3-4,7-8,11-13,15-17H2,(H,25,30)/t18-,21+,23-/m0/s1. The Balaban J connectivity index is 1.13. The number of piperidine rings is 3. The van der Waals surface area contributed by atoms with Crippen LogP contribution in [0.25, 0.3) is 0 Å². The van der Waals surface area contributed by atoms with Gasteiger partial charge in [-0.15, -0.1) is 16.9 Å². The summed E-state index contributed by atoms with van der Waals surface area (Å²) in [5, 5.41) is 12.1. The molecule has 31 heavy (non-hydrogen) atoms. The largest absolute Gasteiger partial charge is 0.353 e. The summed E-state index contributed by atoms with van der Waals surface area (Å²) in [5.41, 5.74) is 1.02. The van der Waals surface area contributed by atoms with Crippen LogP contribution in [0, 0.1) is 11.8 Å². The SMILES string of the molecule is O=C(NC1CCCCC1)[C@H]1CN2CC[C@H]1C[C@@H]2Cn1cc(CSc2ccccc2)nn1. The van der Waals surface area contributed by atoms with Gasteiger partial charge in [-0.25, -0.2) is 0 Å². The van der Waals surface area contributed by atoms with E-state index in [-0.39, 0.29) is 5.92 Å². The van der Waals surface area contributed by atoms with Gasteiger partial charge in [0.25, 0.3) is 0 Å². The number of hydrogen-bond acceptors (Lipinski definition) is 5. The number of fused-ring (bicyclic) bond motifs is 3. The van der Waals surface area contributed by atoms with E-state index in [1.54, 1.807) is 11.8 Å². The summed E-state index contributed by atoms with van der Waals surface area (Å²) in [5.74, 6) is 1.82. The van der Waals surface area contributed by atoms with Crippen LogP contribution in [0.2, 0.25) is 0 Å². The molecule has 1 aliphatic carbocycles. The highest BCUT2D eigenvalue weighted by Crippen LogP contribution is 2.37. The third-order valence-corrected chi connectivity index (χ3v) is 8.33. The number of hydrogen-bond donors (Lipinski definition) is 1. The van der Waals surface area contributed by atoms with Crippen LogP contribution >= 0.6 is 11.8 Å². The third-order valence-electron chi connectivity index (χ3n) is 7.28. The summed E-state index contributed by atoms with van der Waals surface area (Å²) in [6.07, 6.45) is 10.5. The van der Waals surface area contributed by atoms with Crippen LogP contribution in [0.5, 0.6) is 0 Å². The zero-order valence-electron chi connectivity index (χ0n) is 18.2. The maximum absolute atomic E-state index is 12.9. The van der Waals surface area contributed by atoms with Gasteiger partial charge in [0.2, 0.25) is 5.91 Å². The van der Waals surface area contributed by atoms with Crippen molar-refractivity contribution < 1.29 is 4.79 Å². The number of amides is 1. The Bertz CT molecular complexity index is 866. The predicted molar refractivity (Wildman–Crippen MR) is 123 cm³/mol. The minimum atomic E-state index is 0.167. The molecular weight excluding hydrogens is 406 g/mol. The maximum Gasteiger partial charge on any atom is 0.224 e. The first kappa shape index (κ1) is 21.0. The first-order chi connectivity index (χ1) is 15.2. The molecule has 1 aromatic heterocycles. The van der Waals surface area contributed by atoms with E-state index < -0.39 is 0 Å². The van der Waals surface area contributed by atoms with Gasteiger partial charge in [0.05, 0.1) is 18.2 Å². The van der Waals surface area contributed by atoms with Crippen LogP contribution in [-0.4, -0.2) is 51.0 Å². The van der Waals surface area contributed by atoms with Crippen molar-refractivity contribution in [1.29, 1.82) is 0 Å². The molecule has 3 saturated heterocycles. The molecule has 0 spiro atoms. The van der Waals surface area contributed by atoms with E-state index in [0.717, 1.165) is 56.8 Å². The molecule has 1 N–H and O–H groups in total. The molecule has 3 aliphatic heterocycles. The van der Waals surface area contributed by atoms with Gasteiger partial charge < -0.3 is 5.32 Å². The number of carbonyl (C=O) groups excluding carboxylic acids is 1. The number of nitrogens with zero attached hydrogens (tertiary/aromatic N) is 4. The summed E-state index contributed by atoms with van der Waals surface area (Å²) in [7, 11) is 0. The zero-order valence-corrected chi connectivity index (χ0v) is 19.0. The average molecular weight is 440 g/mol. The van der Waals surface area contributed by atoms with Crippen molar-refractivity contribution >= 4 is 17.7 Å². The molecule has 0 radical (unpaired) electrons. The second-order valence-electron chi connectivity index (χ2n) is 9.42. The number of nitrogens with one attached hydrogen (secondary N) is 1. The molecule has 6 nitrogen and oxygen atoms in total. The minimum Gasteiger partial charge on any atom is -0.353 e. The quantitative estimate of drug-likeness (QED) is 0.666. The van der Waals surface area contributed by atoms with E-state index in [4.69, 9.17) is 0 Å². The third kappa shape index (κ3) is 5.14. The minimum absolute atomic E-state index is 0.167. The molecule has 4 atom stereocenters. The van der Waals surface area contributed by atoms with Crippen molar-refractivity contribution in [2.75, 3.05) is 13.1 Å². The number of carbonyl (C=O) groups is 1. The molecule has 166 valence electrons. The number of benzene rings is 1. The van der Waals surface area contributed by atoms with Gasteiger partial charge >= 0.3 is 0 Å². The van der Waals surface area contributed by atoms with Crippen molar-refractivity contribution in [3.63, 3.8) is 0 Å². The van der Waals surface area contributed by atoms with Crippen molar-refractivity contribution in [2.24, 2.45) is 11.8 Å². The second kappa shape index (κ2) is 9.74. The molecule has 2 aromatic rings. The van der Waals surface area contributed by atoms with Crippen molar-refractivity contribution in [3.8, 4) is 0 Å². The van der Waals surface area contributed by atoms with Crippen LogP contribution in [0.1, 0.15) is 50.6 Å². The molecule has 1 amide bonds. The molecule has 1 aromatic carbocycles. The lowest BCUT2D eigenvalue weighted by Gasteiger charge is -2.49. The van der Waals surface area contributed by atoms with Crippen LogP contribution in [0.15, 0.2) is 41.4 Å². The number of aromatic nitrogens is 3. The van der Waals surface area contributed by atoms with Gasteiger partial charge in [-0.2, -0.15) is 0 Å². The molecule has 7 heteroatoms. The van der Waals surface area contributed by atoms with E-state index in [1.165, 1.54) is 24.2 Å². The zero-order chi connectivity index (χ0) is 21.0. The molecule has 4 heterocycles. The van der Waals surface area contributed by atoms with Crippen LogP contribution in [0.4, 0.5) is 0 Å². The van der Waals surface area contributed by atoms with Crippen LogP contribution < -0.4 is 5.32 Å². The predicted octanol–water partition coefficient (Wildman–Crippen LogP) is 3.73. The lowest BCUT2D eigenvalue weighted by molar-refractivity contribution is -0.134. The van der Waals surface area contributed by atoms with E-state index in [1.807, 2.05) is 10.7 Å². The van der Waals surface area contributed by atoms with Gasteiger partial charge in [0.1, 0.15) is 0 Å². The summed E-state index contributed by atoms with van der Waals surface area (Å²) in [6, 6.07) is 11.3. The summed E-state index contributed by atoms with van der Waals surface area (Å²) >= 11 is 1.79. The monoisotopic (exact) mass is 439 g/mol. The van der Waals surface area contributed by atoms with E-state index in [0.29, 0.717) is 23.9 Å². The normalized spacial score (nSPS) is 28.5. The fourth-order valence-electron chi connectivity index (χ4n) is 5.56. The fraction of sp³-hybridized carbons (Fsp3) is 0.625. The second-order valence-corrected chi connectivity index (χ2v) is 10.5. The topological polar surface area (TPSA) is 63.1 Å². The van der Waals surface area contributed by atoms with Crippen molar-refractivity contribution in [2.45, 2.75) is 74.2 Å². The van der Waals surface area contributed by atoms with Crippen LogP contribution in [-0.2, 0) is 17.1 Å². The molecule has 6 rings (SSSR count). The van der Waals surface area contributed by atoms with Gasteiger partial charge in [0.15, 0.2) is 0 Å². The Kier molecular flexibility index (Phi) is 6.60. The fourth-order valence-corrected chi connectivity index (χ4v) is 6.36. The number of rotatable bonds is 7. The van der Waals surface area contributed by atoms with E-state index in [9.17, 15) is 4.79 Å². The van der Waals surface area contributed by atoms with Gasteiger partial charge in [-0.05, 0) is 50.3 Å². The van der Waals surface area contributed by atoms with E-state index >= 15 is 0 Å². The highest BCUT2D eigenvalue weighted by atomic mass is 32.2. The van der Waals surface area contributed by atoms with Gasteiger partial charge in [0, 0.05) is 35.5 Å². The number of thioether (sulfide) groups is 1. The lowest BCUT2D eigenvalue weighted by atomic mass is 9.75. The lowest BCUT2D eigenvalue weighted by Crippen LogP contribution is -2.58. The Morgan fingerprint density at radius 3 is 2.74 bits per heavy atom.